The van der Waals surface area contributed by atoms with Gasteiger partial charge < -0.3 is 24.5 Å². The largest absolute Gasteiger partial charge is 0.493 e. The summed E-state index contributed by atoms with van der Waals surface area (Å²) in [5.41, 5.74) is 7.13. The van der Waals surface area contributed by atoms with Crippen LogP contribution in [0.25, 0.3) is 11.4 Å². The summed E-state index contributed by atoms with van der Waals surface area (Å²) in [6.45, 7) is 0.133. The Bertz CT molecular complexity index is 832. The zero-order valence-corrected chi connectivity index (χ0v) is 13.4. The van der Waals surface area contributed by atoms with Crippen molar-refractivity contribution in [3.05, 3.63) is 48.4 Å². The molecule has 3 rings (SSSR count). The molecule has 24 heavy (non-hydrogen) atoms. The maximum atomic E-state index is 5.82. The zero-order valence-electron chi connectivity index (χ0n) is 13.4. The average molecular weight is 327 g/mol. The highest BCUT2D eigenvalue weighted by Gasteiger charge is 2.12. The molecule has 0 bridgehead atoms. The fraction of sp³-hybridized carbons (Fsp3) is 0.176. The second-order valence-corrected chi connectivity index (χ2v) is 4.91. The molecule has 0 aliphatic carbocycles. The molecule has 0 atom stereocenters. The van der Waals surface area contributed by atoms with E-state index in [-0.39, 0.29) is 6.61 Å². The minimum atomic E-state index is 0.133. The predicted molar refractivity (Wildman–Crippen MR) is 88.0 cm³/mol. The molecule has 0 radical (unpaired) electrons. The molecule has 1 heterocycles. The summed E-state index contributed by atoms with van der Waals surface area (Å²) in [5, 5.41) is 3.96. The lowest BCUT2D eigenvalue weighted by atomic mass is 10.2. The highest BCUT2D eigenvalue weighted by molar-refractivity contribution is 5.60. The van der Waals surface area contributed by atoms with Gasteiger partial charge in [-0.25, -0.2) is 0 Å². The maximum Gasteiger partial charge on any atom is 0.264 e. The van der Waals surface area contributed by atoms with Gasteiger partial charge in [0.15, 0.2) is 18.1 Å². The Morgan fingerprint density at radius 3 is 2.54 bits per heavy atom. The predicted octanol–water partition coefficient (Wildman–Crippen LogP) is 2.92. The van der Waals surface area contributed by atoms with Gasteiger partial charge in [0.2, 0.25) is 5.82 Å². The van der Waals surface area contributed by atoms with Gasteiger partial charge in [0, 0.05) is 5.56 Å². The van der Waals surface area contributed by atoms with E-state index in [0.717, 1.165) is 5.56 Å². The van der Waals surface area contributed by atoms with Crippen LogP contribution in [0.15, 0.2) is 47.0 Å². The molecule has 0 amide bonds. The van der Waals surface area contributed by atoms with Crippen molar-refractivity contribution in [3.8, 4) is 28.6 Å². The second-order valence-electron chi connectivity index (χ2n) is 4.91. The number of benzene rings is 2. The van der Waals surface area contributed by atoms with E-state index in [9.17, 15) is 0 Å². The van der Waals surface area contributed by atoms with Gasteiger partial charge in [0.25, 0.3) is 5.89 Å². The van der Waals surface area contributed by atoms with Crippen LogP contribution in [0, 0.1) is 0 Å². The molecule has 124 valence electrons. The Morgan fingerprint density at radius 1 is 1.00 bits per heavy atom. The van der Waals surface area contributed by atoms with Crippen LogP contribution in [-0.2, 0) is 6.61 Å². The van der Waals surface area contributed by atoms with Crippen LogP contribution in [0.4, 0.5) is 5.69 Å². The highest BCUT2D eigenvalue weighted by Crippen LogP contribution is 2.31. The van der Waals surface area contributed by atoms with E-state index >= 15 is 0 Å². The van der Waals surface area contributed by atoms with E-state index in [1.807, 2.05) is 18.2 Å². The number of hydrogen-bond acceptors (Lipinski definition) is 7. The summed E-state index contributed by atoms with van der Waals surface area (Å²) in [6, 6.07) is 12.6. The lowest BCUT2D eigenvalue weighted by Gasteiger charge is -2.07. The number of nitrogens with two attached hydrogens (primary N) is 1. The molecular formula is C17H17N3O4. The van der Waals surface area contributed by atoms with E-state index in [1.54, 1.807) is 38.5 Å². The third kappa shape index (κ3) is 3.24. The number of ether oxygens (including phenoxy) is 3. The summed E-state index contributed by atoms with van der Waals surface area (Å²) in [6.07, 6.45) is 0. The van der Waals surface area contributed by atoms with E-state index < -0.39 is 0 Å². The number of para-hydroxylation sites is 2. The van der Waals surface area contributed by atoms with Gasteiger partial charge in [-0.05, 0) is 30.3 Å². The Morgan fingerprint density at radius 2 is 1.79 bits per heavy atom. The van der Waals surface area contributed by atoms with E-state index in [0.29, 0.717) is 34.7 Å². The van der Waals surface area contributed by atoms with Crippen LogP contribution in [0.3, 0.4) is 0 Å². The number of nitrogen functional groups attached to an aromatic ring is 1. The molecule has 7 heteroatoms. The van der Waals surface area contributed by atoms with Crippen LogP contribution in [-0.4, -0.2) is 24.4 Å². The number of hydrogen-bond donors (Lipinski definition) is 1. The third-order valence-electron chi connectivity index (χ3n) is 3.38. The van der Waals surface area contributed by atoms with Crippen LogP contribution < -0.4 is 19.9 Å². The first-order valence-corrected chi connectivity index (χ1v) is 7.23. The molecule has 2 aromatic carbocycles. The molecule has 7 nitrogen and oxygen atoms in total. The topological polar surface area (TPSA) is 92.6 Å². The van der Waals surface area contributed by atoms with Gasteiger partial charge in [0.05, 0.1) is 19.9 Å². The van der Waals surface area contributed by atoms with Gasteiger partial charge in [-0.2, -0.15) is 4.98 Å². The third-order valence-corrected chi connectivity index (χ3v) is 3.38. The minimum Gasteiger partial charge on any atom is -0.493 e. The molecule has 0 saturated carbocycles. The lowest BCUT2D eigenvalue weighted by Crippen LogP contribution is -1.98. The summed E-state index contributed by atoms with van der Waals surface area (Å²) < 4.78 is 21.3. The van der Waals surface area contributed by atoms with Crippen molar-refractivity contribution in [2.24, 2.45) is 0 Å². The molecule has 0 aliphatic heterocycles. The SMILES string of the molecule is COc1ccc(-c2noc(COc3ccccc3N)n2)cc1OC. The van der Waals surface area contributed by atoms with Gasteiger partial charge in [-0.15, -0.1) is 0 Å². The summed E-state index contributed by atoms with van der Waals surface area (Å²) >= 11 is 0. The van der Waals surface area contributed by atoms with Crippen molar-refractivity contribution >= 4 is 5.69 Å². The van der Waals surface area contributed by atoms with Gasteiger partial charge >= 0.3 is 0 Å². The van der Waals surface area contributed by atoms with Crippen LogP contribution in [0.2, 0.25) is 0 Å². The number of anilines is 1. The van der Waals surface area contributed by atoms with Crippen molar-refractivity contribution in [3.63, 3.8) is 0 Å². The molecule has 0 aliphatic rings. The molecule has 0 unspecified atom stereocenters. The second kappa shape index (κ2) is 6.91. The van der Waals surface area contributed by atoms with Crippen molar-refractivity contribution < 1.29 is 18.7 Å². The molecule has 3 aromatic rings. The van der Waals surface area contributed by atoms with Gasteiger partial charge in [0.1, 0.15) is 5.75 Å². The molecule has 0 spiro atoms. The fourth-order valence-corrected chi connectivity index (χ4v) is 2.16. The van der Waals surface area contributed by atoms with Crippen molar-refractivity contribution in [2.75, 3.05) is 20.0 Å². The summed E-state index contributed by atoms with van der Waals surface area (Å²) in [7, 11) is 3.15. The Hall–Kier alpha value is -3.22. The average Bonchev–Trinajstić information content (AvgIpc) is 3.09. The minimum absolute atomic E-state index is 0.133. The van der Waals surface area contributed by atoms with Crippen molar-refractivity contribution in [1.82, 2.24) is 10.1 Å². The van der Waals surface area contributed by atoms with Gasteiger partial charge in [-0.3, -0.25) is 0 Å². The lowest BCUT2D eigenvalue weighted by molar-refractivity contribution is 0.244. The standard InChI is InChI=1S/C17H17N3O4/c1-21-14-8-7-11(9-15(14)22-2)17-19-16(24-20-17)10-23-13-6-4-3-5-12(13)18/h3-9H,10,18H2,1-2H3. The Labute approximate surface area is 139 Å². The van der Waals surface area contributed by atoms with Gasteiger partial charge in [-0.1, -0.05) is 17.3 Å². The number of aromatic nitrogens is 2. The summed E-state index contributed by atoms with van der Waals surface area (Å²) in [4.78, 5) is 4.32. The molecule has 1 aromatic heterocycles. The van der Waals surface area contributed by atoms with Crippen molar-refractivity contribution in [1.29, 1.82) is 0 Å². The molecule has 2 N–H and O–H groups in total. The number of rotatable bonds is 6. The number of nitrogens with zero attached hydrogens (tertiary/aromatic N) is 2. The van der Waals surface area contributed by atoms with Crippen LogP contribution in [0.5, 0.6) is 17.2 Å². The van der Waals surface area contributed by atoms with Crippen LogP contribution in [0.1, 0.15) is 5.89 Å². The first-order chi connectivity index (χ1) is 11.7. The Kier molecular flexibility index (Phi) is 4.51. The fourth-order valence-electron chi connectivity index (χ4n) is 2.16. The molecule has 0 saturated heterocycles. The molecule has 0 fully saturated rings. The quantitative estimate of drug-likeness (QED) is 0.696. The van der Waals surface area contributed by atoms with Crippen LogP contribution >= 0.6 is 0 Å². The first-order valence-electron chi connectivity index (χ1n) is 7.23. The highest BCUT2D eigenvalue weighted by atomic mass is 16.5. The Balaban J connectivity index is 1.75. The van der Waals surface area contributed by atoms with E-state index in [2.05, 4.69) is 10.1 Å². The smallest absolute Gasteiger partial charge is 0.264 e. The number of methoxy groups -OCH3 is 2. The molecular weight excluding hydrogens is 310 g/mol. The maximum absolute atomic E-state index is 5.82. The summed E-state index contributed by atoms with van der Waals surface area (Å²) in [5.74, 6) is 2.59. The first kappa shape index (κ1) is 15.7. The zero-order chi connectivity index (χ0) is 16.9. The van der Waals surface area contributed by atoms with Crippen molar-refractivity contribution in [2.45, 2.75) is 6.61 Å². The normalized spacial score (nSPS) is 10.4. The monoisotopic (exact) mass is 327 g/mol. The van der Waals surface area contributed by atoms with E-state index in [1.165, 1.54) is 0 Å². The van der Waals surface area contributed by atoms with E-state index in [4.69, 9.17) is 24.5 Å².